The molecule has 4 atom stereocenters. The highest BCUT2D eigenvalue weighted by atomic mass is 32.1. The molecule has 0 bridgehead atoms. The Labute approximate surface area is 183 Å². The minimum Gasteiger partial charge on any atom is -0.396 e. The quantitative estimate of drug-likeness (QED) is 0.754. The van der Waals surface area contributed by atoms with Gasteiger partial charge in [0.1, 0.15) is 6.04 Å². The third kappa shape index (κ3) is 3.40. The summed E-state index contributed by atoms with van der Waals surface area (Å²) in [7, 11) is 0. The molecule has 0 spiro atoms. The predicted molar refractivity (Wildman–Crippen MR) is 115 cm³/mol. The Morgan fingerprint density at radius 3 is 2.74 bits per heavy atom. The molecule has 0 radical (unpaired) electrons. The smallest absolute Gasteiger partial charge is 0.250 e. The molecule has 1 saturated carbocycles. The maximum absolute atomic E-state index is 13.8. The molecule has 9 heteroatoms. The number of thiazole rings is 1. The molecule has 3 aliphatic rings. The number of likely N-dealkylation sites (tertiary alicyclic amines) is 1. The summed E-state index contributed by atoms with van der Waals surface area (Å²) in [6.45, 7) is 0.175. The topological polar surface area (TPSA) is 105 Å². The number of pyridine rings is 1. The van der Waals surface area contributed by atoms with Crippen molar-refractivity contribution in [1.82, 2.24) is 14.5 Å². The maximum Gasteiger partial charge on any atom is 0.250 e. The Balaban J connectivity index is 1.56. The van der Waals surface area contributed by atoms with Crippen molar-refractivity contribution in [3.05, 3.63) is 45.8 Å². The van der Waals surface area contributed by atoms with E-state index in [1.807, 2.05) is 6.07 Å². The van der Waals surface area contributed by atoms with Gasteiger partial charge in [-0.15, -0.1) is 11.3 Å². The number of hydrogen-bond acceptors (Lipinski definition) is 6. The average molecular weight is 443 g/mol. The van der Waals surface area contributed by atoms with Crippen molar-refractivity contribution in [2.75, 3.05) is 11.9 Å². The first-order chi connectivity index (χ1) is 15.1. The Hall–Kier alpha value is -2.52. The zero-order valence-corrected chi connectivity index (χ0v) is 18.0. The van der Waals surface area contributed by atoms with Crippen molar-refractivity contribution in [2.45, 2.75) is 50.7 Å². The van der Waals surface area contributed by atoms with Crippen LogP contribution in [0, 0.1) is 17.8 Å². The summed E-state index contributed by atoms with van der Waals surface area (Å²) in [4.78, 5) is 45.4. The summed E-state index contributed by atoms with van der Waals surface area (Å²) in [5, 5.41) is 15.4. The van der Waals surface area contributed by atoms with Gasteiger partial charge in [0.25, 0.3) is 5.56 Å². The second-order valence-corrected chi connectivity index (χ2v) is 9.60. The Bertz CT molecular complexity index is 1030. The highest BCUT2D eigenvalue weighted by Crippen LogP contribution is 2.50. The van der Waals surface area contributed by atoms with E-state index in [1.54, 1.807) is 27.1 Å². The van der Waals surface area contributed by atoms with Crippen molar-refractivity contribution in [3.8, 4) is 0 Å². The van der Waals surface area contributed by atoms with E-state index < -0.39 is 12.0 Å². The highest BCUT2D eigenvalue weighted by molar-refractivity contribution is 7.13. The molecule has 8 nitrogen and oxygen atoms in total. The number of nitrogens with zero attached hydrogens (tertiary/aromatic N) is 3. The van der Waals surface area contributed by atoms with Crippen LogP contribution >= 0.6 is 11.3 Å². The van der Waals surface area contributed by atoms with Crippen LogP contribution in [-0.4, -0.2) is 44.0 Å². The third-order valence-electron chi connectivity index (χ3n) is 7.09. The van der Waals surface area contributed by atoms with Crippen molar-refractivity contribution >= 4 is 28.3 Å². The van der Waals surface area contributed by atoms with E-state index in [2.05, 4.69) is 10.3 Å². The molecular formula is C22H26N4O4S. The molecule has 2 aromatic rings. The highest BCUT2D eigenvalue weighted by Gasteiger charge is 2.57. The fraction of sp³-hybridized carbons (Fsp3) is 0.545. The summed E-state index contributed by atoms with van der Waals surface area (Å²) in [6.07, 6.45) is 6.39. The third-order valence-corrected chi connectivity index (χ3v) is 7.78. The number of rotatable bonds is 4. The number of anilines is 1. The van der Waals surface area contributed by atoms with Crippen molar-refractivity contribution in [2.24, 2.45) is 17.8 Å². The first-order valence-corrected chi connectivity index (χ1v) is 11.8. The van der Waals surface area contributed by atoms with Gasteiger partial charge in [-0.3, -0.25) is 14.4 Å². The number of aliphatic hydroxyl groups is 1. The number of carbonyl (C=O) groups excluding carboxylic acids is 2. The Kier molecular flexibility index (Phi) is 5.39. The second-order valence-electron chi connectivity index (χ2n) is 8.71. The average Bonchev–Trinajstić information content (AvgIpc) is 3.49. The molecule has 1 aliphatic carbocycles. The van der Waals surface area contributed by atoms with Gasteiger partial charge < -0.3 is 19.9 Å². The fourth-order valence-corrected chi connectivity index (χ4v) is 6.24. The molecule has 1 saturated heterocycles. The van der Waals surface area contributed by atoms with Crippen LogP contribution in [0.15, 0.2) is 34.6 Å². The predicted octanol–water partition coefficient (Wildman–Crippen LogP) is 2.01. The number of nitrogens with one attached hydrogen (secondary N) is 1. The van der Waals surface area contributed by atoms with Crippen LogP contribution in [0.5, 0.6) is 0 Å². The summed E-state index contributed by atoms with van der Waals surface area (Å²) in [6, 6.07) is 3.91. The molecule has 2 fully saturated rings. The van der Waals surface area contributed by atoms with E-state index >= 15 is 0 Å². The summed E-state index contributed by atoms with van der Waals surface area (Å²) >= 11 is 1.31. The molecule has 2 amide bonds. The summed E-state index contributed by atoms with van der Waals surface area (Å²) in [5.41, 5.74) is 0.641. The maximum atomic E-state index is 13.8. The van der Waals surface area contributed by atoms with E-state index in [9.17, 15) is 19.5 Å². The molecule has 0 unspecified atom stereocenters. The van der Waals surface area contributed by atoms with E-state index in [-0.39, 0.29) is 41.9 Å². The van der Waals surface area contributed by atoms with E-state index in [1.165, 1.54) is 17.4 Å². The van der Waals surface area contributed by atoms with Crippen LogP contribution in [0.2, 0.25) is 0 Å². The van der Waals surface area contributed by atoms with Gasteiger partial charge in [-0.05, 0) is 18.9 Å². The lowest BCUT2D eigenvalue weighted by Crippen LogP contribution is -2.50. The van der Waals surface area contributed by atoms with Crippen LogP contribution in [0.25, 0.3) is 0 Å². The first kappa shape index (κ1) is 20.4. The lowest BCUT2D eigenvalue weighted by Gasteiger charge is -2.34. The SMILES string of the molecule is O=C(Nc1nccs1)[C@H]1[C@H](CO)[C@H]2Cn3c(cccc3=O)[C@H]2N1C(=O)C1CCCCC1. The zero-order chi connectivity index (χ0) is 21.5. The molecule has 2 N–H and O–H groups in total. The van der Waals surface area contributed by atoms with Gasteiger partial charge in [-0.25, -0.2) is 4.98 Å². The van der Waals surface area contributed by atoms with Crippen molar-refractivity contribution in [1.29, 1.82) is 0 Å². The fourth-order valence-electron chi connectivity index (χ4n) is 5.71. The minimum atomic E-state index is -0.789. The van der Waals surface area contributed by atoms with Gasteiger partial charge in [0.05, 0.1) is 6.04 Å². The molecule has 2 aromatic heterocycles. The Morgan fingerprint density at radius 1 is 1.23 bits per heavy atom. The number of aromatic nitrogens is 2. The van der Waals surface area contributed by atoms with Gasteiger partial charge in [0, 0.05) is 54.2 Å². The largest absolute Gasteiger partial charge is 0.396 e. The lowest BCUT2D eigenvalue weighted by molar-refractivity contribution is -0.144. The lowest BCUT2D eigenvalue weighted by atomic mass is 9.87. The number of amides is 2. The van der Waals surface area contributed by atoms with E-state index in [0.29, 0.717) is 11.7 Å². The van der Waals surface area contributed by atoms with Crippen LogP contribution in [0.4, 0.5) is 5.13 Å². The van der Waals surface area contributed by atoms with Gasteiger partial charge in [0.15, 0.2) is 5.13 Å². The zero-order valence-electron chi connectivity index (χ0n) is 17.1. The Morgan fingerprint density at radius 2 is 2.03 bits per heavy atom. The normalized spacial score (nSPS) is 27.7. The molecule has 2 aliphatic heterocycles. The van der Waals surface area contributed by atoms with Crippen molar-refractivity contribution in [3.63, 3.8) is 0 Å². The number of aliphatic hydroxyl groups excluding tert-OH is 1. The molecule has 0 aromatic carbocycles. The van der Waals surface area contributed by atoms with Crippen LogP contribution in [0.3, 0.4) is 0 Å². The van der Waals surface area contributed by atoms with Gasteiger partial charge >= 0.3 is 0 Å². The molecule has 5 rings (SSSR count). The van der Waals surface area contributed by atoms with Crippen molar-refractivity contribution < 1.29 is 14.7 Å². The summed E-state index contributed by atoms with van der Waals surface area (Å²) < 4.78 is 1.69. The number of hydrogen-bond donors (Lipinski definition) is 2. The van der Waals surface area contributed by atoms with Crippen LogP contribution < -0.4 is 10.9 Å². The standard InChI is InChI=1S/C22H26N4O4S/c27-12-15-14-11-25-16(7-4-8-17(25)28)18(14)26(21(30)13-5-2-1-3-6-13)19(15)20(29)24-22-23-9-10-31-22/h4,7-10,13-15,18-19,27H,1-3,5-6,11-12H2,(H,23,24,29)/t14-,15-,18+,19-/m1/s1. The first-order valence-electron chi connectivity index (χ1n) is 10.9. The van der Waals surface area contributed by atoms with E-state index in [0.717, 1.165) is 37.8 Å². The minimum absolute atomic E-state index is 0.0327. The monoisotopic (exact) mass is 442 g/mol. The summed E-state index contributed by atoms with van der Waals surface area (Å²) in [5.74, 6) is -1.10. The van der Waals surface area contributed by atoms with Gasteiger partial charge in [-0.1, -0.05) is 25.3 Å². The van der Waals surface area contributed by atoms with Crippen LogP contribution in [0.1, 0.15) is 43.8 Å². The molecule has 4 heterocycles. The number of fused-ring (bicyclic) bond motifs is 3. The second kappa shape index (κ2) is 8.20. The van der Waals surface area contributed by atoms with E-state index in [4.69, 9.17) is 0 Å². The van der Waals surface area contributed by atoms with Gasteiger partial charge in [0.2, 0.25) is 11.8 Å². The molecule has 164 valence electrons. The van der Waals surface area contributed by atoms with Gasteiger partial charge in [-0.2, -0.15) is 0 Å². The number of carbonyl (C=O) groups is 2. The molecule has 31 heavy (non-hydrogen) atoms. The van der Waals surface area contributed by atoms with Crippen LogP contribution in [-0.2, 0) is 16.1 Å². The molecular weight excluding hydrogens is 416 g/mol.